The number of ether oxygens (including phenoxy) is 1. The van der Waals surface area contributed by atoms with Crippen LogP contribution in [0.25, 0.3) is 0 Å². The molecule has 1 aliphatic rings. The van der Waals surface area contributed by atoms with E-state index in [2.05, 4.69) is 43.2 Å². The van der Waals surface area contributed by atoms with Crippen molar-refractivity contribution in [3.63, 3.8) is 0 Å². The van der Waals surface area contributed by atoms with Crippen LogP contribution in [0, 0.1) is 0 Å². The topological polar surface area (TPSA) is 60.2 Å². The fourth-order valence-corrected chi connectivity index (χ4v) is 2.46. The van der Waals surface area contributed by atoms with Gasteiger partial charge in [0.1, 0.15) is 0 Å². The minimum absolute atomic E-state index is 0.123. The third-order valence-electron chi connectivity index (χ3n) is 3.33. The highest BCUT2D eigenvalue weighted by atomic mass is 16.5. The first-order valence-corrected chi connectivity index (χ1v) is 6.50. The number of rotatable bonds is 3. The first-order valence-electron chi connectivity index (χ1n) is 6.50. The molecule has 0 spiro atoms. The molecule has 0 amide bonds. The zero-order valence-corrected chi connectivity index (χ0v) is 12.1. The lowest BCUT2D eigenvalue weighted by Gasteiger charge is -2.27. The number of hydrogen-bond donors (Lipinski definition) is 1. The van der Waals surface area contributed by atoms with Crippen LogP contribution in [-0.2, 0) is 4.74 Å². The molecule has 5 heteroatoms. The Balaban J connectivity index is 2.09. The zero-order valence-electron chi connectivity index (χ0n) is 12.1. The maximum Gasteiger partial charge on any atom is 0.321 e. The van der Waals surface area contributed by atoms with E-state index < -0.39 is 0 Å². The van der Waals surface area contributed by atoms with Gasteiger partial charge in [-0.25, -0.2) is 0 Å². The van der Waals surface area contributed by atoms with E-state index in [1.807, 2.05) is 13.8 Å². The maximum atomic E-state index is 6.02. The van der Waals surface area contributed by atoms with Crippen molar-refractivity contribution >= 4 is 6.01 Å². The Morgan fingerprint density at radius 2 is 1.94 bits per heavy atom. The molecule has 5 nitrogen and oxygen atoms in total. The Labute approximate surface area is 108 Å². The summed E-state index contributed by atoms with van der Waals surface area (Å²) >= 11 is 0. The van der Waals surface area contributed by atoms with E-state index >= 15 is 0 Å². The van der Waals surface area contributed by atoms with Crippen LogP contribution >= 0.6 is 0 Å². The summed E-state index contributed by atoms with van der Waals surface area (Å²) in [6.07, 6.45) is 0.916. The predicted molar refractivity (Wildman–Crippen MR) is 69.7 cm³/mol. The summed E-state index contributed by atoms with van der Waals surface area (Å²) in [5.41, 5.74) is -0.363. The molecule has 18 heavy (non-hydrogen) atoms. The smallest absolute Gasteiger partial charge is 0.321 e. The Hall–Kier alpha value is -1.10. The van der Waals surface area contributed by atoms with Crippen molar-refractivity contribution in [2.75, 3.05) is 5.32 Å². The number of nitrogens with zero attached hydrogens (tertiary/aromatic N) is 2. The number of nitrogens with one attached hydrogen (secondary N) is 1. The van der Waals surface area contributed by atoms with Crippen LogP contribution < -0.4 is 5.32 Å². The van der Waals surface area contributed by atoms with E-state index in [1.54, 1.807) is 0 Å². The molecule has 0 aliphatic carbocycles. The molecular weight excluding hydrogens is 230 g/mol. The van der Waals surface area contributed by atoms with Crippen molar-refractivity contribution in [2.24, 2.45) is 0 Å². The van der Waals surface area contributed by atoms with E-state index in [1.165, 1.54) is 0 Å². The second-order valence-electron chi connectivity index (χ2n) is 6.48. The van der Waals surface area contributed by atoms with Gasteiger partial charge in [0.15, 0.2) is 5.82 Å². The molecule has 1 aliphatic heterocycles. The molecule has 2 rings (SSSR count). The quantitative estimate of drug-likeness (QED) is 0.897. The molecule has 1 unspecified atom stereocenters. The van der Waals surface area contributed by atoms with E-state index in [-0.39, 0.29) is 23.2 Å². The van der Waals surface area contributed by atoms with Gasteiger partial charge in [-0.15, -0.1) is 0 Å². The van der Waals surface area contributed by atoms with Gasteiger partial charge in [-0.2, -0.15) is 4.98 Å². The monoisotopic (exact) mass is 253 g/mol. The SMILES string of the molecule is CC(C)c1noc(NC2CC(C)(C)OC2(C)C)n1. The zero-order chi connectivity index (χ0) is 13.6. The molecule has 1 atom stereocenters. The van der Waals surface area contributed by atoms with Crippen molar-refractivity contribution in [3.05, 3.63) is 5.82 Å². The Bertz CT molecular complexity index is 424. The maximum absolute atomic E-state index is 6.02. The molecule has 0 aromatic carbocycles. The van der Waals surface area contributed by atoms with Crippen LogP contribution in [-0.4, -0.2) is 27.4 Å². The van der Waals surface area contributed by atoms with E-state index in [9.17, 15) is 0 Å². The van der Waals surface area contributed by atoms with Gasteiger partial charge in [-0.05, 0) is 34.1 Å². The van der Waals surface area contributed by atoms with E-state index in [0.717, 1.165) is 12.2 Å². The summed E-state index contributed by atoms with van der Waals surface area (Å²) in [6, 6.07) is 0.658. The van der Waals surface area contributed by atoms with Crippen molar-refractivity contribution in [1.29, 1.82) is 0 Å². The van der Waals surface area contributed by atoms with Crippen LogP contribution in [0.5, 0.6) is 0 Å². The van der Waals surface area contributed by atoms with E-state index in [4.69, 9.17) is 9.26 Å². The highest BCUT2D eigenvalue weighted by Crippen LogP contribution is 2.38. The lowest BCUT2D eigenvalue weighted by molar-refractivity contribution is -0.0663. The van der Waals surface area contributed by atoms with Crippen molar-refractivity contribution < 1.29 is 9.26 Å². The van der Waals surface area contributed by atoms with Crippen LogP contribution in [0.1, 0.15) is 59.7 Å². The minimum Gasteiger partial charge on any atom is -0.367 e. The third kappa shape index (κ3) is 2.66. The van der Waals surface area contributed by atoms with Gasteiger partial charge < -0.3 is 14.6 Å². The molecule has 1 N–H and O–H groups in total. The number of hydrogen-bond acceptors (Lipinski definition) is 5. The average Bonchev–Trinajstić information content (AvgIpc) is 2.69. The standard InChI is InChI=1S/C13H23N3O2/c1-8(2)10-15-11(17-16-10)14-9-7-12(3,4)18-13(9,5)6/h8-9H,7H2,1-6H3,(H,14,15,16). The third-order valence-corrected chi connectivity index (χ3v) is 3.33. The molecule has 2 heterocycles. The molecule has 1 fully saturated rings. The largest absolute Gasteiger partial charge is 0.367 e. The second-order valence-corrected chi connectivity index (χ2v) is 6.48. The van der Waals surface area contributed by atoms with Crippen LogP contribution in [0.3, 0.4) is 0 Å². The van der Waals surface area contributed by atoms with Crippen molar-refractivity contribution in [3.8, 4) is 0 Å². The summed E-state index contributed by atoms with van der Waals surface area (Å²) in [5.74, 6) is 1.00. The summed E-state index contributed by atoms with van der Waals surface area (Å²) in [5, 5.41) is 7.25. The fraction of sp³-hybridized carbons (Fsp3) is 0.846. The van der Waals surface area contributed by atoms with Crippen LogP contribution in [0.4, 0.5) is 6.01 Å². The van der Waals surface area contributed by atoms with Gasteiger partial charge in [-0.1, -0.05) is 19.0 Å². The number of aromatic nitrogens is 2. The van der Waals surface area contributed by atoms with Crippen molar-refractivity contribution in [1.82, 2.24) is 10.1 Å². The molecular formula is C13H23N3O2. The average molecular weight is 253 g/mol. The van der Waals surface area contributed by atoms with Crippen LogP contribution in [0.15, 0.2) is 4.52 Å². The van der Waals surface area contributed by atoms with Crippen molar-refractivity contribution in [2.45, 2.75) is 71.1 Å². The van der Waals surface area contributed by atoms with E-state index in [0.29, 0.717) is 6.01 Å². The molecule has 0 radical (unpaired) electrons. The molecule has 1 saturated heterocycles. The molecule has 0 bridgehead atoms. The minimum atomic E-state index is -0.240. The summed E-state index contributed by atoms with van der Waals surface area (Å²) in [6.45, 7) is 12.5. The normalized spacial score (nSPS) is 25.6. The first-order chi connectivity index (χ1) is 8.20. The Morgan fingerprint density at radius 3 is 2.39 bits per heavy atom. The Kier molecular flexibility index (Phi) is 3.13. The van der Waals surface area contributed by atoms with Gasteiger partial charge in [-0.3, -0.25) is 0 Å². The van der Waals surface area contributed by atoms with Gasteiger partial charge in [0.05, 0.1) is 17.2 Å². The van der Waals surface area contributed by atoms with Gasteiger partial charge in [0.25, 0.3) is 0 Å². The number of anilines is 1. The lowest BCUT2D eigenvalue weighted by Crippen LogP contribution is -2.38. The molecule has 0 saturated carbocycles. The highest BCUT2D eigenvalue weighted by molar-refractivity contribution is 5.25. The highest BCUT2D eigenvalue weighted by Gasteiger charge is 2.46. The molecule has 1 aromatic heterocycles. The van der Waals surface area contributed by atoms with Crippen LogP contribution in [0.2, 0.25) is 0 Å². The second kappa shape index (κ2) is 4.23. The Morgan fingerprint density at radius 1 is 1.28 bits per heavy atom. The van der Waals surface area contributed by atoms with Gasteiger partial charge in [0, 0.05) is 5.92 Å². The van der Waals surface area contributed by atoms with Gasteiger partial charge >= 0.3 is 6.01 Å². The molecule has 102 valence electrons. The fourth-order valence-electron chi connectivity index (χ4n) is 2.46. The summed E-state index contributed by atoms with van der Waals surface area (Å²) in [4.78, 5) is 4.34. The molecule has 1 aromatic rings. The summed E-state index contributed by atoms with van der Waals surface area (Å²) < 4.78 is 11.2. The lowest BCUT2D eigenvalue weighted by atomic mass is 9.95. The first kappa shape index (κ1) is 13.3. The van der Waals surface area contributed by atoms with Gasteiger partial charge in [0.2, 0.25) is 0 Å². The predicted octanol–water partition coefficient (Wildman–Crippen LogP) is 2.95. The summed E-state index contributed by atoms with van der Waals surface area (Å²) in [7, 11) is 0.